The quantitative estimate of drug-likeness (QED) is 0.728. The Kier molecular flexibility index (Phi) is 7.25. The molecule has 2 heterocycles. The number of aromatic nitrogens is 2. The molecule has 2 aromatic rings. The molecule has 0 aliphatic carbocycles. The SMILES string of the molecule is O=C(CCC1CCNCC1)NCc1nccn1CCCc1ccccc1. The van der Waals surface area contributed by atoms with Gasteiger partial charge in [0.1, 0.15) is 5.82 Å². The van der Waals surface area contributed by atoms with Gasteiger partial charge < -0.3 is 15.2 Å². The van der Waals surface area contributed by atoms with Gasteiger partial charge in [-0.15, -0.1) is 0 Å². The Hall–Kier alpha value is -2.14. The number of aryl methyl sites for hydroxylation is 2. The fraction of sp³-hybridized carbons (Fsp3) is 0.524. The molecule has 5 nitrogen and oxygen atoms in total. The predicted molar refractivity (Wildman–Crippen MR) is 104 cm³/mol. The molecule has 1 aliphatic rings. The van der Waals surface area contributed by atoms with Crippen LogP contribution in [-0.4, -0.2) is 28.5 Å². The molecule has 0 bridgehead atoms. The van der Waals surface area contributed by atoms with Crippen LogP contribution in [0.25, 0.3) is 0 Å². The molecule has 3 rings (SSSR count). The molecule has 0 spiro atoms. The third-order valence-electron chi connectivity index (χ3n) is 5.19. The molecule has 1 saturated heterocycles. The summed E-state index contributed by atoms with van der Waals surface area (Å²) in [4.78, 5) is 16.5. The first-order valence-electron chi connectivity index (χ1n) is 9.82. The van der Waals surface area contributed by atoms with Gasteiger partial charge in [0.25, 0.3) is 0 Å². The molecule has 2 N–H and O–H groups in total. The number of carbonyl (C=O) groups is 1. The fourth-order valence-corrected chi connectivity index (χ4v) is 3.58. The van der Waals surface area contributed by atoms with Crippen molar-refractivity contribution in [3.63, 3.8) is 0 Å². The maximum Gasteiger partial charge on any atom is 0.220 e. The van der Waals surface area contributed by atoms with Crippen LogP contribution in [0.1, 0.15) is 43.5 Å². The smallest absolute Gasteiger partial charge is 0.220 e. The van der Waals surface area contributed by atoms with Crippen molar-refractivity contribution in [2.45, 2.75) is 51.6 Å². The third-order valence-corrected chi connectivity index (χ3v) is 5.19. The van der Waals surface area contributed by atoms with Gasteiger partial charge in [-0.3, -0.25) is 4.79 Å². The van der Waals surface area contributed by atoms with E-state index in [2.05, 4.69) is 44.5 Å². The topological polar surface area (TPSA) is 59.0 Å². The van der Waals surface area contributed by atoms with Crippen LogP contribution >= 0.6 is 0 Å². The highest BCUT2D eigenvalue weighted by Gasteiger charge is 2.14. The van der Waals surface area contributed by atoms with E-state index in [4.69, 9.17) is 0 Å². The summed E-state index contributed by atoms with van der Waals surface area (Å²) in [5.41, 5.74) is 1.36. The van der Waals surface area contributed by atoms with Gasteiger partial charge in [-0.05, 0) is 56.7 Å². The largest absolute Gasteiger partial charge is 0.349 e. The molecular formula is C21H30N4O. The maximum atomic E-state index is 12.1. The summed E-state index contributed by atoms with van der Waals surface area (Å²) < 4.78 is 2.15. The van der Waals surface area contributed by atoms with E-state index in [0.29, 0.717) is 18.9 Å². The van der Waals surface area contributed by atoms with Crippen molar-refractivity contribution in [2.24, 2.45) is 5.92 Å². The first-order chi connectivity index (χ1) is 12.8. The minimum atomic E-state index is 0.141. The first-order valence-corrected chi connectivity index (χ1v) is 9.82. The first kappa shape index (κ1) is 18.6. The average Bonchev–Trinajstić information content (AvgIpc) is 3.14. The summed E-state index contributed by atoms with van der Waals surface area (Å²) in [6, 6.07) is 10.5. The zero-order valence-electron chi connectivity index (χ0n) is 15.5. The van der Waals surface area contributed by atoms with Crippen molar-refractivity contribution in [1.29, 1.82) is 0 Å². The Labute approximate surface area is 156 Å². The van der Waals surface area contributed by atoms with E-state index in [-0.39, 0.29) is 5.91 Å². The number of hydrogen-bond acceptors (Lipinski definition) is 3. The summed E-state index contributed by atoms with van der Waals surface area (Å²) in [5.74, 6) is 1.78. The zero-order valence-corrected chi connectivity index (χ0v) is 15.5. The lowest BCUT2D eigenvalue weighted by Gasteiger charge is -2.22. The minimum Gasteiger partial charge on any atom is -0.349 e. The molecule has 1 aliphatic heterocycles. The van der Waals surface area contributed by atoms with Gasteiger partial charge in [0, 0.05) is 25.4 Å². The van der Waals surface area contributed by atoms with Crippen LogP contribution in [0.15, 0.2) is 42.7 Å². The Morgan fingerprint density at radius 1 is 1.23 bits per heavy atom. The van der Waals surface area contributed by atoms with Gasteiger partial charge in [0.05, 0.1) is 6.54 Å². The maximum absolute atomic E-state index is 12.1. The highest BCUT2D eigenvalue weighted by Crippen LogP contribution is 2.17. The molecular weight excluding hydrogens is 324 g/mol. The summed E-state index contributed by atoms with van der Waals surface area (Å²) in [5, 5.41) is 6.40. The van der Waals surface area contributed by atoms with Crippen molar-refractivity contribution < 1.29 is 4.79 Å². The zero-order chi connectivity index (χ0) is 18.0. The van der Waals surface area contributed by atoms with E-state index in [0.717, 1.165) is 44.7 Å². The molecule has 0 atom stereocenters. The van der Waals surface area contributed by atoms with Gasteiger partial charge >= 0.3 is 0 Å². The summed E-state index contributed by atoms with van der Waals surface area (Å²) >= 11 is 0. The van der Waals surface area contributed by atoms with Crippen molar-refractivity contribution >= 4 is 5.91 Å². The van der Waals surface area contributed by atoms with E-state index in [1.807, 2.05) is 18.5 Å². The Morgan fingerprint density at radius 2 is 2.04 bits per heavy atom. The molecule has 0 unspecified atom stereocenters. The Balaban J connectivity index is 1.37. The molecule has 1 aromatic heterocycles. The van der Waals surface area contributed by atoms with Crippen molar-refractivity contribution in [1.82, 2.24) is 20.2 Å². The fourth-order valence-electron chi connectivity index (χ4n) is 3.58. The molecule has 5 heteroatoms. The van der Waals surface area contributed by atoms with Crippen molar-refractivity contribution in [2.75, 3.05) is 13.1 Å². The van der Waals surface area contributed by atoms with Crippen molar-refractivity contribution in [3.8, 4) is 0 Å². The number of piperidine rings is 1. The molecule has 1 aromatic carbocycles. The lowest BCUT2D eigenvalue weighted by Crippen LogP contribution is -2.29. The van der Waals surface area contributed by atoms with Gasteiger partial charge in [-0.2, -0.15) is 0 Å². The number of imidazole rings is 1. The lowest BCUT2D eigenvalue weighted by molar-refractivity contribution is -0.121. The number of benzene rings is 1. The number of hydrogen-bond donors (Lipinski definition) is 2. The molecule has 0 saturated carbocycles. The van der Waals surface area contributed by atoms with Gasteiger partial charge in [0.15, 0.2) is 0 Å². The number of nitrogens with zero attached hydrogens (tertiary/aromatic N) is 2. The highest BCUT2D eigenvalue weighted by molar-refractivity contribution is 5.75. The second-order valence-corrected chi connectivity index (χ2v) is 7.13. The van der Waals surface area contributed by atoms with Crippen LogP contribution in [0.5, 0.6) is 0 Å². The van der Waals surface area contributed by atoms with E-state index in [1.54, 1.807) is 0 Å². The normalized spacial score (nSPS) is 15.1. The standard InChI is InChI=1S/C21H30N4O/c26-21(9-8-19-10-12-22-13-11-19)24-17-20-23-14-16-25(20)15-4-7-18-5-2-1-3-6-18/h1-3,5-6,14,16,19,22H,4,7-13,15,17H2,(H,24,26). The molecule has 1 fully saturated rings. The van der Waals surface area contributed by atoms with Crippen LogP contribution in [0.3, 0.4) is 0 Å². The molecule has 0 radical (unpaired) electrons. The lowest BCUT2D eigenvalue weighted by atomic mass is 9.93. The molecule has 1 amide bonds. The van der Waals surface area contributed by atoms with Crippen LogP contribution in [0.2, 0.25) is 0 Å². The number of amides is 1. The molecule has 140 valence electrons. The van der Waals surface area contributed by atoms with E-state index in [1.165, 1.54) is 18.4 Å². The Bertz CT molecular complexity index is 662. The van der Waals surface area contributed by atoms with Crippen LogP contribution < -0.4 is 10.6 Å². The van der Waals surface area contributed by atoms with Gasteiger partial charge in [-0.25, -0.2) is 4.98 Å². The summed E-state index contributed by atoms with van der Waals surface area (Å²) in [6.45, 7) is 3.62. The minimum absolute atomic E-state index is 0.141. The summed E-state index contributed by atoms with van der Waals surface area (Å²) in [6.07, 6.45) is 9.95. The number of carbonyl (C=O) groups excluding carboxylic acids is 1. The number of rotatable bonds is 9. The Morgan fingerprint density at radius 3 is 2.85 bits per heavy atom. The number of nitrogens with one attached hydrogen (secondary N) is 2. The second-order valence-electron chi connectivity index (χ2n) is 7.13. The van der Waals surface area contributed by atoms with Crippen LogP contribution in [-0.2, 0) is 24.3 Å². The monoisotopic (exact) mass is 354 g/mol. The van der Waals surface area contributed by atoms with Crippen LogP contribution in [0.4, 0.5) is 0 Å². The predicted octanol–water partition coefficient (Wildman–Crippen LogP) is 2.91. The van der Waals surface area contributed by atoms with Gasteiger partial charge in [-0.1, -0.05) is 30.3 Å². The van der Waals surface area contributed by atoms with E-state index in [9.17, 15) is 4.79 Å². The summed E-state index contributed by atoms with van der Waals surface area (Å²) in [7, 11) is 0. The van der Waals surface area contributed by atoms with Crippen molar-refractivity contribution in [3.05, 3.63) is 54.1 Å². The van der Waals surface area contributed by atoms with E-state index >= 15 is 0 Å². The van der Waals surface area contributed by atoms with E-state index < -0.39 is 0 Å². The average molecular weight is 354 g/mol. The van der Waals surface area contributed by atoms with Gasteiger partial charge in [0.2, 0.25) is 5.91 Å². The second kappa shape index (κ2) is 10.1. The van der Waals surface area contributed by atoms with Crippen LogP contribution in [0, 0.1) is 5.92 Å². The third kappa shape index (κ3) is 5.99. The molecule has 26 heavy (non-hydrogen) atoms. The highest BCUT2D eigenvalue weighted by atomic mass is 16.1.